The summed E-state index contributed by atoms with van der Waals surface area (Å²) >= 11 is 0. The van der Waals surface area contributed by atoms with Crippen molar-refractivity contribution in [2.75, 3.05) is 0 Å². The molecule has 0 aliphatic heterocycles. The van der Waals surface area contributed by atoms with Gasteiger partial charge in [-0.25, -0.2) is 0 Å². The van der Waals surface area contributed by atoms with Crippen LogP contribution < -0.4 is 4.74 Å². The summed E-state index contributed by atoms with van der Waals surface area (Å²) in [4.78, 5) is 0. The number of nitriles is 1. The fourth-order valence-corrected chi connectivity index (χ4v) is 2.14. The smallest absolute Gasteiger partial charge is 0.120 e. The lowest BCUT2D eigenvalue weighted by atomic mass is 10.1. The van der Waals surface area contributed by atoms with Gasteiger partial charge in [0.1, 0.15) is 18.1 Å². The average molecular weight is 275 g/mol. The van der Waals surface area contributed by atoms with E-state index in [4.69, 9.17) is 10.00 Å². The normalized spacial score (nSPS) is 10.2. The largest absolute Gasteiger partial charge is 0.508 e. The Morgan fingerprint density at radius 2 is 1.67 bits per heavy atom. The summed E-state index contributed by atoms with van der Waals surface area (Å²) in [7, 11) is 0. The lowest BCUT2D eigenvalue weighted by Crippen LogP contribution is -1.95. The second-order valence-corrected chi connectivity index (χ2v) is 4.79. The van der Waals surface area contributed by atoms with E-state index >= 15 is 0 Å². The Bertz CT molecular complexity index is 817. The highest BCUT2D eigenvalue weighted by Crippen LogP contribution is 2.24. The van der Waals surface area contributed by atoms with Gasteiger partial charge in [0.15, 0.2) is 0 Å². The number of phenolic OH excluding ortho intramolecular Hbond substituents is 1. The average Bonchev–Trinajstić information content (AvgIpc) is 2.53. The van der Waals surface area contributed by atoms with Crippen LogP contribution in [0.2, 0.25) is 0 Å². The zero-order valence-corrected chi connectivity index (χ0v) is 11.3. The van der Waals surface area contributed by atoms with Crippen LogP contribution >= 0.6 is 0 Å². The van der Waals surface area contributed by atoms with Crippen LogP contribution in [0.1, 0.15) is 11.1 Å². The predicted octanol–water partition coefficient (Wildman–Crippen LogP) is 4.00. The third-order valence-electron chi connectivity index (χ3n) is 3.28. The van der Waals surface area contributed by atoms with Crippen molar-refractivity contribution in [2.24, 2.45) is 0 Å². The van der Waals surface area contributed by atoms with E-state index in [0.717, 1.165) is 22.1 Å². The molecule has 3 aromatic carbocycles. The first-order valence-electron chi connectivity index (χ1n) is 6.59. The Labute approximate surface area is 122 Å². The van der Waals surface area contributed by atoms with Crippen molar-refractivity contribution >= 4 is 10.8 Å². The maximum Gasteiger partial charge on any atom is 0.120 e. The van der Waals surface area contributed by atoms with Gasteiger partial charge in [0.25, 0.3) is 0 Å². The highest BCUT2D eigenvalue weighted by molar-refractivity contribution is 5.85. The quantitative estimate of drug-likeness (QED) is 0.786. The van der Waals surface area contributed by atoms with Crippen molar-refractivity contribution in [3.8, 4) is 17.6 Å². The maximum absolute atomic E-state index is 9.51. The molecular weight excluding hydrogens is 262 g/mol. The summed E-state index contributed by atoms with van der Waals surface area (Å²) in [6.07, 6.45) is 0. The van der Waals surface area contributed by atoms with Gasteiger partial charge in [-0.05, 0) is 52.7 Å². The predicted molar refractivity (Wildman–Crippen MR) is 81.1 cm³/mol. The van der Waals surface area contributed by atoms with Crippen LogP contribution in [0.3, 0.4) is 0 Å². The van der Waals surface area contributed by atoms with Crippen molar-refractivity contribution < 1.29 is 9.84 Å². The van der Waals surface area contributed by atoms with Crippen molar-refractivity contribution in [1.82, 2.24) is 0 Å². The van der Waals surface area contributed by atoms with E-state index in [2.05, 4.69) is 6.07 Å². The summed E-state index contributed by atoms with van der Waals surface area (Å²) < 4.78 is 5.75. The molecule has 102 valence electrons. The number of phenols is 1. The van der Waals surface area contributed by atoms with E-state index in [-0.39, 0.29) is 5.75 Å². The van der Waals surface area contributed by atoms with Gasteiger partial charge in [-0.1, -0.05) is 24.3 Å². The monoisotopic (exact) mass is 275 g/mol. The number of benzene rings is 3. The third kappa shape index (κ3) is 2.96. The van der Waals surface area contributed by atoms with Crippen molar-refractivity contribution in [1.29, 1.82) is 5.26 Å². The molecule has 0 aliphatic rings. The molecule has 1 N–H and O–H groups in total. The van der Waals surface area contributed by atoms with E-state index in [9.17, 15) is 5.11 Å². The number of rotatable bonds is 3. The van der Waals surface area contributed by atoms with Crippen molar-refractivity contribution in [2.45, 2.75) is 6.61 Å². The molecule has 3 nitrogen and oxygen atoms in total. The Hall–Kier alpha value is -2.99. The Balaban J connectivity index is 1.76. The fraction of sp³-hybridized carbons (Fsp3) is 0.0556. The summed E-state index contributed by atoms with van der Waals surface area (Å²) in [5.41, 5.74) is 1.64. The molecule has 3 rings (SSSR count). The van der Waals surface area contributed by atoms with Gasteiger partial charge in [-0.2, -0.15) is 5.26 Å². The molecule has 0 aromatic heterocycles. The highest BCUT2D eigenvalue weighted by atomic mass is 16.5. The summed E-state index contributed by atoms with van der Waals surface area (Å²) in [5.74, 6) is 0.990. The van der Waals surface area contributed by atoms with E-state index in [1.54, 1.807) is 24.3 Å². The molecule has 0 amide bonds. The van der Waals surface area contributed by atoms with Gasteiger partial charge in [-0.3, -0.25) is 0 Å². The second-order valence-electron chi connectivity index (χ2n) is 4.79. The van der Waals surface area contributed by atoms with Crippen LogP contribution in [0.15, 0.2) is 60.7 Å². The number of ether oxygens (including phenoxy) is 1. The number of hydrogen-bond acceptors (Lipinski definition) is 3. The molecule has 0 unspecified atom stereocenters. The summed E-state index contributed by atoms with van der Waals surface area (Å²) in [6.45, 7) is 0.441. The van der Waals surface area contributed by atoms with E-state index < -0.39 is 0 Å². The topological polar surface area (TPSA) is 53.2 Å². The van der Waals surface area contributed by atoms with Crippen LogP contribution in [0.5, 0.6) is 11.5 Å². The number of nitrogens with zero attached hydrogens (tertiary/aromatic N) is 1. The third-order valence-corrected chi connectivity index (χ3v) is 3.28. The molecule has 0 atom stereocenters. The molecule has 0 heterocycles. The second kappa shape index (κ2) is 5.56. The number of aromatic hydroxyl groups is 1. The van der Waals surface area contributed by atoms with Crippen LogP contribution in [-0.4, -0.2) is 5.11 Å². The molecule has 0 bridgehead atoms. The van der Waals surface area contributed by atoms with E-state index in [1.165, 1.54) is 0 Å². The zero-order chi connectivity index (χ0) is 14.7. The van der Waals surface area contributed by atoms with Crippen molar-refractivity contribution in [3.63, 3.8) is 0 Å². The van der Waals surface area contributed by atoms with Gasteiger partial charge in [-0.15, -0.1) is 0 Å². The molecular formula is C18H13NO2. The SMILES string of the molecule is N#Cc1ccc(COc2ccc3ccc(O)cc3c2)cc1. The van der Waals surface area contributed by atoms with Gasteiger partial charge in [0, 0.05) is 0 Å². The molecule has 0 aliphatic carbocycles. The first-order chi connectivity index (χ1) is 10.2. The Kier molecular flexibility index (Phi) is 3.44. The van der Waals surface area contributed by atoms with E-state index in [0.29, 0.717) is 12.2 Å². The highest BCUT2D eigenvalue weighted by Gasteiger charge is 2.00. The molecule has 0 radical (unpaired) electrons. The lowest BCUT2D eigenvalue weighted by molar-refractivity contribution is 0.306. The van der Waals surface area contributed by atoms with E-state index in [1.807, 2.05) is 36.4 Å². The minimum Gasteiger partial charge on any atom is -0.508 e. The van der Waals surface area contributed by atoms with Gasteiger partial charge in [0.05, 0.1) is 11.6 Å². The van der Waals surface area contributed by atoms with Gasteiger partial charge < -0.3 is 9.84 Å². The zero-order valence-electron chi connectivity index (χ0n) is 11.3. The van der Waals surface area contributed by atoms with Crippen molar-refractivity contribution in [3.05, 3.63) is 71.8 Å². The molecule has 0 fully saturated rings. The molecule has 3 aromatic rings. The Morgan fingerprint density at radius 3 is 2.43 bits per heavy atom. The summed E-state index contributed by atoms with van der Waals surface area (Å²) in [5, 5.41) is 20.3. The van der Waals surface area contributed by atoms with Gasteiger partial charge in [0.2, 0.25) is 0 Å². The molecule has 0 saturated carbocycles. The minimum atomic E-state index is 0.242. The fourth-order valence-electron chi connectivity index (χ4n) is 2.14. The maximum atomic E-state index is 9.51. The standard InChI is InChI=1S/C18H13NO2/c19-11-13-1-3-14(4-2-13)12-21-18-8-6-15-5-7-17(20)9-16(15)10-18/h1-10,20H,12H2. The molecule has 0 spiro atoms. The Morgan fingerprint density at radius 1 is 0.905 bits per heavy atom. The first kappa shape index (κ1) is 13.0. The van der Waals surface area contributed by atoms with Crippen LogP contribution in [0.4, 0.5) is 0 Å². The van der Waals surface area contributed by atoms with Crippen LogP contribution in [0, 0.1) is 11.3 Å². The van der Waals surface area contributed by atoms with Crippen LogP contribution in [0.25, 0.3) is 10.8 Å². The first-order valence-corrected chi connectivity index (χ1v) is 6.59. The molecule has 0 saturated heterocycles. The lowest BCUT2D eigenvalue weighted by Gasteiger charge is -2.08. The summed E-state index contributed by atoms with van der Waals surface area (Å²) in [6, 6.07) is 20.4. The number of hydrogen-bond donors (Lipinski definition) is 1. The molecule has 3 heteroatoms. The van der Waals surface area contributed by atoms with Crippen LogP contribution in [-0.2, 0) is 6.61 Å². The molecule has 21 heavy (non-hydrogen) atoms. The van der Waals surface area contributed by atoms with Gasteiger partial charge >= 0.3 is 0 Å². The minimum absolute atomic E-state index is 0.242. The number of fused-ring (bicyclic) bond motifs is 1.